The number of carboxylic acids is 1. The Kier molecular flexibility index (Phi) is 5.41. The molecule has 0 fully saturated rings. The number of amides is 1. The van der Waals surface area contributed by atoms with Crippen molar-refractivity contribution in [2.24, 2.45) is 0 Å². The van der Waals surface area contributed by atoms with Crippen molar-refractivity contribution in [3.63, 3.8) is 0 Å². The van der Waals surface area contributed by atoms with E-state index in [0.717, 1.165) is 11.1 Å². The lowest BCUT2D eigenvalue weighted by Crippen LogP contribution is -2.22. The molecule has 0 unspecified atom stereocenters. The smallest absolute Gasteiger partial charge is 0.335 e. The van der Waals surface area contributed by atoms with Gasteiger partial charge in [-0.3, -0.25) is 9.59 Å². The summed E-state index contributed by atoms with van der Waals surface area (Å²) in [4.78, 5) is 35.3. The molecule has 2 aromatic carbocycles. The van der Waals surface area contributed by atoms with Crippen molar-refractivity contribution in [1.82, 2.24) is 0 Å². The van der Waals surface area contributed by atoms with E-state index in [1.54, 1.807) is 25.1 Å². The molecule has 0 aliphatic carbocycles. The first kappa shape index (κ1) is 20.1. The first-order valence-electron chi connectivity index (χ1n) is 8.99. The summed E-state index contributed by atoms with van der Waals surface area (Å²) in [5.74, 6) is -0.781. The number of ether oxygens (including phenoxy) is 2. The van der Waals surface area contributed by atoms with E-state index in [9.17, 15) is 14.4 Å². The minimum absolute atomic E-state index is 0.0735. The normalized spacial score (nSPS) is 12.3. The topological polar surface area (TPSA) is 102 Å². The number of aromatic carboxylic acids is 1. The number of carboxylic acid groups (broad SMARTS) is 1. The van der Waals surface area contributed by atoms with E-state index in [1.165, 1.54) is 19.1 Å². The number of carbonyl (C=O) groups excluding carboxylic acids is 2. The number of rotatable bonds is 4. The largest absolute Gasteiger partial charge is 0.488 e. The van der Waals surface area contributed by atoms with Crippen LogP contribution < -0.4 is 14.8 Å². The molecule has 1 aliphatic heterocycles. The summed E-state index contributed by atoms with van der Waals surface area (Å²) < 4.78 is 11.2. The van der Waals surface area contributed by atoms with Gasteiger partial charge in [-0.2, -0.15) is 0 Å². The van der Waals surface area contributed by atoms with Gasteiger partial charge in [0.15, 0.2) is 0 Å². The first-order valence-corrected chi connectivity index (χ1v) is 8.99. The fraction of sp³-hybridized carbons (Fsp3) is 0.227. The summed E-state index contributed by atoms with van der Waals surface area (Å²) >= 11 is 0. The van der Waals surface area contributed by atoms with Gasteiger partial charge in [-0.25, -0.2) is 4.79 Å². The molecule has 3 rings (SSSR count). The zero-order chi connectivity index (χ0) is 21.3. The van der Waals surface area contributed by atoms with Gasteiger partial charge in [0.1, 0.15) is 18.1 Å². The highest BCUT2D eigenvalue weighted by Crippen LogP contribution is 2.41. The van der Waals surface area contributed by atoms with Crippen molar-refractivity contribution >= 4 is 29.6 Å². The summed E-state index contributed by atoms with van der Waals surface area (Å²) in [6.45, 7) is 6.94. The molecule has 0 aromatic heterocycles. The lowest BCUT2D eigenvalue weighted by molar-refractivity contribution is -0.132. The summed E-state index contributed by atoms with van der Waals surface area (Å²) in [6.07, 6.45) is 1.71. The molecule has 29 heavy (non-hydrogen) atoms. The standard InChI is InChI=1S/C22H21NO6/c1-11-12(2)20-18(13(3)19(11)29-14(4)24)9-16(10-28-20)21(25)23-17-7-5-6-15(8-17)22(26)27/h5-9H,10H2,1-4H3,(H,23,25)(H,26,27). The van der Waals surface area contributed by atoms with Gasteiger partial charge < -0.3 is 19.9 Å². The van der Waals surface area contributed by atoms with Crippen LogP contribution in [0.4, 0.5) is 5.69 Å². The maximum Gasteiger partial charge on any atom is 0.335 e. The minimum atomic E-state index is -1.07. The molecule has 1 heterocycles. The summed E-state index contributed by atoms with van der Waals surface area (Å²) in [6, 6.07) is 6.00. The van der Waals surface area contributed by atoms with Crippen molar-refractivity contribution in [2.45, 2.75) is 27.7 Å². The van der Waals surface area contributed by atoms with E-state index in [0.29, 0.717) is 33.9 Å². The highest BCUT2D eigenvalue weighted by Gasteiger charge is 2.25. The van der Waals surface area contributed by atoms with Crippen LogP contribution in [0.25, 0.3) is 6.08 Å². The highest BCUT2D eigenvalue weighted by molar-refractivity contribution is 6.08. The quantitative estimate of drug-likeness (QED) is 0.605. The highest BCUT2D eigenvalue weighted by atomic mass is 16.5. The number of nitrogens with one attached hydrogen (secondary N) is 1. The Labute approximate surface area is 167 Å². The zero-order valence-corrected chi connectivity index (χ0v) is 16.6. The number of anilines is 1. The molecule has 0 saturated carbocycles. The van der Waals surface area contributed by atoms with Crippen LogP contribution in [0.1, 0.15) is 39.5 Å². The molecule has 2 aromatic rings. The predicted octanol–water partition coefficient (Wildman–Crippen LogP) is 3.65. The Balaban J connectivity index is 1.95. The molecule has 150 valence electrons. The molecule has 7 heteroatoms. The molecule has 0 saturated heterocycles. The van der Waals surface area contributed by atoms with Crippen molar-refractivity contribution in [3.05, 3.63) is 57.7 Å². The monoisotopic (exact) mass is 395 g/mol. The predicted molar refractivity (Wildman–Crippen MR) is 107 cm³/mol. The first-order chi connectivity index (χ1) is 13.7. The van der Waals surface area contributed by atoms with Crippen molar-refractivity contribution < 1.29 is 29.0 Å². The Bertz CT molecular complexity index is 1070. The van der Waals surface area contributed by atoms with Gasteiger partial charge in [0, 0.05) is 23.7 Å². The number of carbonyl (C=O) groups is 3. The van der Waals surface area contributed by atoms with E-state index in [-0.39, 0.29) is 12.2 Å². The third-order valence-corrected chi connectivity index (χ3v) is 4.83. The van der Waals surface area contributed by atoms with Crippen LogP contribution in [-0.4, -0.2) is 29.6 Å². The van der Waals surface area contributed by atoms with Crippen molar-refractivity contribution in [2.75, 3.05) is 11.9 Å². The molecular formula is C22H21NO6. The number of fused-ring (bicyclic) bond motifs is 1. The molecule has 1 amide bonds. The van der Waals surface area contributed by atoms with Gasteiger partial charge in [0.25, 0.3) is 5.91 Å². The maximum atomic E-state index is 12.7. The molecule has 0 bridgehead atoms. The van der Waals surface area contributed by atoms with Crippen LogP contribution in [0.3, 0.4) is 0 Å². The van der Waals surface area contributed by atoms with Gasteiger partial charge in [0.2, 0.25) is 0 Å². The van der Waals surface area contributed by atoms with E-state index < -0.39 is 17.8 Å². The number of hydrogen-bond acceptors (Lipinski definition) is 5. The van der Waals surface area contributed by atoms with E-state index in [1.807, 2.05) is 13.8 Å². The third kappa shape index (κ3) is 3.99. The van der Waals surface area contributed by atoms with Gasteiger partial charge in [-0.15, -0.1) is 0 Å². The SMILES string of the molecule is CC(=O)Oc1c(C)c(C)c2c(c1C)C=C(C(=O)Nc1cccc(C(=O)O)c1)CO2. The number of esters is 1. The second-order valence-electron chi connectivity index (χ2n) is 6.84. The third-order valence-electron chi connectivity index (χ3n) is 4.83. The van der Waals surface area contributed by atoms with Crippen LogP contribution in [0, 0.1) is 20.8 Å². The molecular weight excluding hydrogens is 374 g/mol. The van der Waals surface area contributed by atoms with Crippen molar-refractivity contribution in [1.29, 1.82) is 0 Å². The average molecular weight is 395 g/mol. The second-order valence-corrected chi connectivity index (χ2v) is 6.84. The molecule has 0 radical (unpaired) electrons. The Morgan fingerprint density at radius 1 is 1.10 bits per heavy atom. The molecule has 1 aliphatic rings. The Morgan fingerprint density at radius 3 is 2.48 bits per heavy atom. The van der Waals surface area contributed by atoms with Crippen LogP contribution in [0.15, 0.2) is 29.8 Å². The van der Waals surface area contributed by atoms with Gasteiger partial charge in [0.05, 0.1) is 11.1 Å². The lowest BCUT2D eigenvalue weighted by Gasteiger charge is -2.24. The van der Waals surface area contributed by atoms with Gasteiger partial charge >= 0.3 is 11.9 Å². The zero-order valence-electron chi connectivity index (χ0n) is 16.6. The summed E-state index contributed by atoms with van der Waals surface area (Å²) in [5.41, 5.74) is 3.86. The van der Waals surface area contributed by atoms with Gasteiger partial charge in [-0.1, -0.05) is 6.07 Å². The number of hydrogen-bond donors (Lipinski definition) is 2. The molecule has 0 atom stereocenters. The second kappa shape index (κ2) is 7.79. The van der Waals surface area contributed by atoms with Crippen LogP contribution in [0.5, 0.6) is 11.5 Å². The van der Waals surface area contributed by atoms with Crippen molar-refractivity contribution in [3.8, 4) is 11.5 Å². The van der Waals surface area contributed by atoms with E-state index in [4.69, 9.17) is 14.6 Å². The molecule has 7 nitrogen and oxygen atoms in total. The summed E-state index contributed by atoms with van der Waals surface area (Å²) in [7, 11) is 0. The fourth-order valence-electron chi connectivity index (χ4n) is 3.21. The fourth-order valence-corrected chi connectivity index (χ4v) is 3.21. The Morgan fingerprint density at radius 2 is 1.83 bits per heavy atom. The minimum Gasteiger partial charge on any atom is -0.488 e. The summed E-state index contributed by atoms with van der Waals surface area (Å²) in [5, 5.41) is 11.8. The Hall–Kier alpha value is -3.61. The van der Waals surface area contributed by atoms with E-state index >= 15 is 0 Å². The average Bonchev–Trinajstić information content (AvgIpc) is 2.69. The van der Waals surface area contributed by atoms with Crippen LogP contribution in [0.2, 0.25) is 0 Å². The van der Waals surface area contributed by atoms with Gasteiger partial charge in [-0.05, 0) is 56.2 Å². The lowest BCUT2D eigenvalue weighted by atomic mass is 9.94. The molecule has 0 spiro atoms. The maximum absolute atomic E-state index is 12.7. The number of benzene rings is 2. The van der Waals surface area contributed by atoms with Crippen LogP contribution >= 0.6 is 0 Å². The van der Waals surface area contributed by atoms with Crippen LogP contribution in [-0.2, 0) is 9.59 Å². The molecule has 2 N–H and O–H groups in total. The van der Waals surface area contributed by atoms with E-state index in [2.05, 4.69) is 5.32 Å².